The van der Waals surface area contributed by atoms with Gasteiger partial charge in [-0.05, 0) is 13.3 Å². The Morgan fingerprint density at radius 3 is 1.89 bits per heavy atom. The zero-order valence-corrected chi connectivity index (χ0v) is 17.5. The van der Waals surface area contributed by atoms with Gasteiger partial charge in [0, 0.05) is 5.56 Å². The van der Waals surface area contributed by atoms with Crippen molar-refractivity contribution >= 4 is 23.2 Å². The maximum Gasteiger partial charge on any atom is 0.256 e. The Morgan fingerprint density at radius 1 is 0.857 bits per heavy atom. The minimum atomic E-state index is -3.78. The highest BCUT2D eigenvalue weighted by Gasteiger charge is 2.75. The van der Waals surface area contributed by atoms with Crippen LogP contribution in [0.4, 0.5) is 0 Å². The molecule has 4 rings (SSSR count). The summed E-state index contributed by atoms with van der Waals surface area (Å²) in [5.74, 6) is -20.9. The number of fused-ring (bicyclic) bond motifs is 3. The third-order valence-electron chi connectivity index (χ3n) is 7.04. The normalized spacial score (nSPS) is 33.8. The summed E-state index contributed by atoms with van der Waals surface area (Å²) in [6, 6.07) is 0. The average molecular weight is 497 g/mol. The molecule has 35 heavy (non-hydrogen) atoms. The number of phenols is 4. The van der Waals surface area contributed by atoms with E-state index in [-0.39, 0.29) is 0 Å². The fourth-order valence-corrected chi connectivity index (χ4v) is 5.13. The fraction of sp³-hybridized carbons (Fsp3) is 0.350. The summed E-state index contributed by atoms with van der Waals surface area (Å²) in [5, 5.41) is 116. The molecular formula is C20H19NO14. The number of carbonyl (C=O) groups excluding carboxylic acids is 3. The van der Waals surface area contributed by atoms with Gasteiger partial charge in [0.1, 0.15) is 22.5 Å². The van der Waals surface area contributed by atoms with E-state index in [2.05, 4.69) is 0 Å². The molecule has 0 heterocycles. The molecule has 0 aliphatic heterocycles. The van der Waals surface area contributed by atoms with Crippen LogP contribution in [-0.4, -0.2) is 90.6 Å². The van der Waals surface area contributed by atoms with E-state index in [0.717, 1.165) is 0 Å². The summed E-state index contributed by atoms with van der Waals surface area (Å²) in [4.78, 5) is 38.1. The molecule has 3 aliphatic rings. The summed E-state index contributed by atoms with van der Waals surface area (Å²) in [6.07, 6.45) is -1.42. The fourth-order valence-electron chi connectivity index (χ4n) is 5.13. The number of Topliss-reactive ketones (excluding diaryl/α,β-unsaturated/α-hetero) is 2. The summed E-state index contributed by atoms with van der Waals surface area (Å²) in [6.45, 7) is 0.692. The van der Waals surface area contributed by atoms with Gasteiger partial charge in [-0.3, -0.25) is 14.4 Å². The first-order valence-electron chi connectivity index (χ1n) is 9.70. The van der Waals surface area contributed by atoms with Crippen molar-refractivity contribution in [3.63, 3.8) is 0 Å². The van der Waals surface area contributed by atoms with Crippen LogP contribution in [-0.2, 0) is 20.0 Å². The Hall–Kier alpha value is -3.89. The largest absolute Gasteiger partial charge is 0.507 e. The lowest BCUT2D eigenvalue weighted by Gasteiger charge is -2.56. The van der Waals surface area contributed by atoms with Gasteiger partial charge in [0.15, 0.2) is 22.9 Å². The number of benzene rings is 1. The van der Waals surface area contributed by atoms with Crippen molar-refractivity contribution in [2.45, 2.75) is 35.9 Å². The Kier molecular flexibility index (Phi) is 4.44. The smallest absolute Gasteiger partial charge is 0.256 e. The van der Waals surface area contributed by atoms with Crippen LogP contribution in [0.3, 0.4) is 0 Å². The predicted octanol–water partition coefficient (Wildman–Crippen LogP) is -3.39. The Labute approximate surface area is 193 Å². The summed E-state index contributed by atoms with van der Waals surface area (Å²) in [7, 11) is 0. The molecule has 0 spiro atoms. The molecule has 0 saturated heterocycles. The summed E-state index contributed by atoms with van der Waals surface area (Å²) < 4.78 is 0. The van der Waals surface area contributed by atoms with Crippen LogP contribution in [0.25, 0.3) is 5.76 Å². The number of ketones is 2. The standard InChI is InChI=1S/C20H19NO14/c1-17(31)6-4(9(23)11(25)12(26)10(6)24)8(22)7-15(29)19(33)3(2-18(7,17)32)20(34,35)14(28)5(13(19)27)16(21)30/h3,22-26,28,31-35H,2H2,1H3,(H2,21,30)/t3?,17-,18?,19?/m1/s1. The minimum Gasteiger partial charge on any atom is -0.507 e. The molecule has 0 bridgehead atoms. The lowest BCUT2D eigenvalue weighted by molar-refractivity contribution is -0.261. The van der Waals surface area contributed by atoms with Crippen molar-refractivity contribution in [2.75, 3.05) is 0 Å². The lowest BCUT2D eigenvalue weighted by atomic mass is 9.52. The monoisotopic (exact) mass is 497 g/mol. The van der Waals surface area contributed by atoms with Gasteiger partial charge in [0.05, 0.1) is 17.1 Å². The number of aliphatic hydroxyl groups excluding tert-OH is 2. The number of amides is 1. The molecule has 1 amide bonds. The average Bonchev–Trinajstić information content (AvgIpc) is 2.74. The predicted molar refractivity (Wildman–Crippen MR) is 106 cm³/mol. The number of carbonyl (C=O) groups is 3. The first kappa shape index (κ1) is 24.2. The van der Waals surface area contributed by atoms with E-state index in [1.807, 2.05) is 0 Å². The number of nitrogens with two attached hydrogens (primary N) is 1. The third-order valence-corrected chi connectivity index (χ3v) is 7.04. The molecule has 1 fully saturated rings. The number of hydrogen-bond donors (Lipinski definition) is 12. The van der Waals surface area contributed by atoms with Gasteiger partial charge in [0.2, 0.25) is 28.9 Å². The van der Waals surface area contributed by atoms with Gasteiger partial charge in [-0.1, -0.05) is 0 Å². The Balaban J connectivity index is 2.15. The van der Waals surface area contributed by atoms with Crippen molar-refractivity contribution in [1.29, 1.82) is 0 Å². The van der Waals surface area contributed by atoms with Crippen LogP contribution < -0.4 is 5.73 Å². The summed E-state index contributed by atoms with van der Waals surface area (Å²) >= 11 is 0. The molecule has 15 heteroatoms. The van der Waals surface area contributed by atoms with Crippen molar-refractivity contribution in [2.24, 2.45) is 11.7 Å². The number of rotatable bonds is 1. The quantitative estimate of drug-likeness (QED) is 0.0592. The molecule has 15 nitrogen and oxygen atoms in total. The molecule has 0 radical (unpaired) electrons. The second-order valence-electron chi connectivity index (χ2n) is 8.80. The number of aliphatic hydroxyl groups is 7. The number of phenolic OH excluding ortho intramolecular Hbond substituents is 4. The van der Waals surface area contributed by atoms with Crippen LogP contribution in [0.15, 0.2) is 16.9 Å². The highest BCUT2D eigenvalue weighted by Crippen LogP contribution is 2.63. The van der Waals surface area contributed by atoms with E-state index in [1.165, 1.54) is 0 Å². The number of primary amides is 1. The van der Waals surface area contributed by atoms with Crippen molar-refractivity contribution in [3.05, 3.63) is 28.0 Å². The van der Waals surface area contributed by atoms with Crippen molar-refractivity contribution in [1.82, 2.24) is 0 Å². The molecule has 1 saturated carbocycles. The minimum absolute atomic E-state index is 0.692. The van der Waals surface area contributed by atoms with Crippen LogP contribution in [0.5, 0.6) is 23.0 Å². The topological polar surface area (TPSA) is 300 Å². The van der Waals surface area contributed by atoms with E-state index < -0.39 is 109 Å². The molecule has 0 aromatic heterocycles. The van der Waals surface area contributed by atoms with Gasteiger partial charge in [-0.25, -0.2) is 0 Å². The molecule has 3 unspecified atom stereocenters. The van der Waals surface area contributed by atoms with Crippen molar-refractivity contribution < 1.29 is 70.6 Å². The Bertz CT molecular complexity index is 1340. The zero-order chi connectivity index (χ0) is 26.8. The van der Waals surface area contributed by atoms with E-state index in [4.69, 9.17) is 5.73 Å². The lowest BCUT2D eigenvalue weighted by Crippen LogP contribution is -2.74. The highest BCUT2D eigenvalue weighted by atomic mass is 16.5. The SMILES string of the molecule is C[C@@]1(O)c2c(O)c(O)c(O)c(O)c2C(O)=C2C(=O)C3(O)C(=O)C(C(N)=O)=C(O)C(O)(O)C3CC21O. The molecular weight excluding hydrogens is 478 g/mol. The molecule has 13 N–H and O–H groups in total. The van der Waals surface area contributed by atoms with Crippen LogP contribution in [0.1, 0.15) is 24.5 Å². The van der Waals surface area contributed by atoms with Crippen LogP contribution >= 0.6 is 0 Å². The van der Waals surface area contributed by atoms with Gasteiger partial charge in [0.25, 0.3) is 5.91 Å². The summed E-state index contributed by atoms with van der Waals surface area (Å²) in [5.41, 5.74) is -10.0. The van der Waals surface area contributed by atoms with Crippen LogP contribution in [0.2, 0.25) is 0 Å². The van der Waals surface area contributed by atoms with Crippen LogP contribution in [0, 0.1) is 5.92 Å². The number of hydrogen-bond acceptors (Lipinski definition) is 14. The second-order valence-corrected chi connectivity index (χ2v) is 8.80. The van der Waals surface area contributed by atoms with E-state index in [1.54, 1.807) is 0 Å². The first-order valence-corrected chi connectivity index (χ1v) is 9.70. The maximum absolute atomic E-state index is 13.5. The maximum atomic E-state index is 13.5. The van der Waals surface area contributed by atoms with Gasteiger partial charge >= 0.3 is 0 Å². The molecule has 1 aromatic carbocycles. The van der Waals surface area contributed by atoms with E-state index in [0.29, 0.717) is 6.92 Å². The molecule has 1 aromatic rings. The number of aromatic hydroxyl groups is 4. The highest BCUT2D eigenvalue weighted by molar-refractivity contribution is 6.33. The second kappa shape index (κ2) is 6.41. The van der Waals surface area contributed by atoms with Gasteiger partial charge < -0.3 is 61.9 Å². The zero-order valence-electron chi connectivity index (χ0n) is 17.5. The molecule has 188 valence electrons. The molecule has 4 atom stereocenters. The Morgan fingerprint density at radius 2 is 1.37 bits per heavy atom. The first-order chi connectivity index (χ1) is 15.8. The van der Waals surface area contributed by atoms with E-state index in [9.17, 15) is 70.6 Å². The third kappa shape index (κ3) is 2.37. The van der Waals surface area contributed by atoms with Crippen molar-refractivity contribution in [3.8, 4) is 23.0 Å². The van der Waals surface area contributed by atoms with Gasteiger partial charge in [-0.15, -0.1) is 0 Å². The van der Waals surface area contributed by atoms with Gasteiger partial charge in [-0.2, -0.15) is 0 Å². The molecule has 3 aliphatic carbocycles. The van der Waals surface area contributed by atoms with E-state index >= 15 is 0 Å².